The van der Waals surface area contributed by atoms with Crippen LogP contribution in [0.3, 0.4) is 0 Å². The van der Waals surface area contributed by atoms with E-state index >= 15 is 0 Å². The minimum Gasteiger partial charge on any atom is -0.453 e. The molecule has 2 aliphatic rings. The maximum absolute atomic E-state index is 12.2. The molecule has 2 rings (SSSR count). The highest BCUT2D eigenvalue weighted by Crippen LogP contribution is 2.31. The van der Waals surface area contributed by atoms with Crippen LogP contribution in [0.4, 0.5) is 4.79 Å². The zero-order chi connectivity index (χ0) is 13.9. The number of methoxy groups -OCH3 is 1. The number of nitrogens with two attached hydrogens (primary N) is 1. The van der Waals surface area contributed by atoms with Gasteiger partial charge < -0.3 is 20.7 Å². The number of rotatable bonds is 3. The third-order valence-corrected chi connectivity index (χ3v) is 4.15. The fourth-order valence-corrected chi connectivity index (χ4v) is 3.00. The van der Waals surface area contributed by atoms with E-state index in [1.54, 1.807) is 4.90 Å². The van der Waals surface area contributed by atoms with Gasteiger partial charge in [-0.3, -0.25) is 4.79 Å². The Morgan fingerprint density at radius 3 is 2.74 bits per heavy atom. The van der Waals surface area contributed by atoms with Gasteiger partial charge in [-0.25, -0.2) is 4.79 Å². The highest BCUT2D eigenvalue weighted by Gasteiger charge is 2.35. The van der Waals surface area contributed by atoms with Gasteiger partial charge in [-0.1, -0.05) is 12.8 Å². The van der Waals surface area contributed by atoms with Gasteiger partial charge >= 0.3 is 6.09 Å². The van der Waals surface area contributed by atoms with Crippen LogP contribution in [0.2, 0.25) is 0 Å². The molecule has 0 bridgehead atoms. The van der Waals surface area contributed by atoms with Gasteiger partial charge in [0.05, 0.1) is 13.2 Å². The number of likely N-dealkylation sites (tertiary alicyclic amines) is 1. The Labute approximate surface area is 113 Å². The number of nitrogens with zero attached hydrogens (tertiary/aromatic N) is 1. The molecule has 2 fully saturated rings. The molecule has 2 amide bonds. The molecule has 1 saturated carbocycles. The van der Waals surface area contributed by atoms with Crippen molar-refractivity contribution in [1.29, 1.82) is 0 Å². The third kappa shape index (κ3) is 3.59. The van der Waals surface area contributed by atoms with Crippen molar-refractivity contribution < 1.29 is 14.3 Å². The summed E-state index contributed by atoms with van der Waals surface area (Å²) in [4.78, 5) is 25.1. The first-order chi connectivity index (χ1) is 9.02. The molecule has 0 aromatic carbocycles. The molecule has 19 heavy (non-hydrogen) atoms. The molecular formula is C13H23N3O3. The molecule has 1 atom stereocenters. The number of hydrogen-bond donors (Lipinski definition) is 2. The van der Waals surface area contributed by atoms with Crippen LogP contribution in [0.5, 0.6) is 0 Å². The Morgan fingerprint density at radius 1 is 1.42 bits per heavy atom. The van der Waals surface area contributed by atoms with Crippen LogP contribution in [-0.4, -0.2) is 48.7 Å². The minimum absolute atomic E-state index is 0.00583. The van der Waals surface area contributed by atoms with Gasteiger partial charge in [0, 0.05) is 25.0 Å². The molecule has 0 aromatic rings. The van der Waals surface area contributed by atoms with E-state index in [2.05, 4.69) is 10.1 Å². The van der Waals surface area contributed by atoms with Crippen LogP contribution in [0.1, 0.15) is 38.5 Å². The topological polar surface area (TPSA) is 84.7 Å². The van der Waals surface area contributed by atoms with Crippen LogP contribution < -0.4 is 11.1 Å². The number of ether oxygens (including phenoxy) is 1. The molecule has 1 aliphatic heterocycles. The molecule has 3 N–H and O–H groups in total. The lowest BCUT2D eigenvalue weighted by atomic mass is 9.94. The maximum Gasteiger partial charge on any atom is 0.407 e. The lowest BCUT2D eigenvalue weighted by molar-refractivity contribution is -0.131. The van der Waals surface area contributed by atoms with Crippen LogP contribution in [0.15, 0.2) is 0 Å². The first kappa shape index (κ1) is 14.1. The highest BCUT2D eigenvalue weighted by molar-refractivity contribution is 5.78. The first-order valence-corrected chi connectivity index (χ1v) is 6.93. The van der Waals surface area contributed by atoms with Crippen molar-refractivity contribution in [3.63, 3.8) is 0 Å². The van der Waals surface area contributed by atoms with E-state index in [1.165, 1.54) is 7.11 Å². The molecule has 6 nitrogen and oxygen atoms in total. The van der Waals surface area contributed by atoms with E-state index in [1.807, 2.05) is 0 Å². The van der Waals surface area contributed by atoms with Crippen LogP contribution >= 0.6 is 0 Å². The number of carbonyl (C=O) groups excluding carboxylic acids is 2. The maximum atomic E-state index is 12.2. The normalized spacial score (nSPS) is 25.4. The Kier molecular flexibility index (Phi) is 4.29. The van der Waals surface area contributed by atoms with Gasteiger partial charge in [-0.05, 0) is 19.3 Å². The van der Waals surface area contributed by atoms with Crippen molar-refractivity contribution in [1.82, 2.24) is 10.2 Å². The molecular weight excluding hydrogens is 246 g/mol. The Balaban J connectivity index is 1.80. The van der Waals surface area contributed by atoms with E-state index in [9.17, 15) is 9.59 Å². The van der Waals surface area contributed by atoms with Gasteiger partial charge in [0.25, 0.3) is 0 Å². The molecule has 1 saturated heterocycles. The average Bonchev–Trinajstić information content (AvgIpc) is 2.98. The summed E-state index contributed by atoms with van der Waals surface area (Å²) in [6, 6.07) is -0.00583. The minimum atomic E-state index is -0.439. The van der Waals surface area contributed by atoms with Crippen LogP contribution in [0, 0.1) is 0 Å². The summed E-state index contributed by atoms with van der Waals surface area (Å²) < 4.78 is 4.56. The Morgan fingerprint density at radius 2 is 2.11 bits per heavy atom. The van der Waals surface area contributed by atoms with Gasteiger partial charge in [-0.15, -0.1) is 0 Å². The molecule has 1 heterocycles. The van der Waals surface area contributed by atoms with E-state index < -0.39 is 6.09 Å². The van der Waals surface area contributed by atoms with Crippen molar-refractivity contribution >= 4 is 12.0 Å². The zero-order valence-electron chi connectivity index (χ0n) is 11.5. The average molecular weight is 269 g/mol. The molecule has 1 unspecified atom stereocenters. The summed E-state index contributed by atoms with van der Waals surface area (Å²) in [5.74, 6) is 0.110. The summed E-state index contributed by atoms with van der Waals surface area (Å²) in [6.45, 7) is 1.24. The van der Waals surface area contributed by atoms with E-state index in [4.69, 9.17) is 5.73 Å². The summed E-state index contributed by atoms with van der Waals surface area (Å²) in [5, 5.41) is 2.73. The van der Waals surface area contributed by atoms with E-state index in [-0.39, 0.29) is 17.5 Å². The fourth-order valence-electron chi connectivity index (χ4n) is 3.00. The Hall–Kier alpha value is -1.30. The summed E-state index contributed by atoms with van der Waals surface area (Å²) in [7, 11) is 1.34. The monoisotopic (exact) mass is 269 g/mol. The molecule has 1 aliphatic carbocycles. The quantitative estimate of drug-likeness (QED) is 0.786. The van der Waals surface area contributed by atoms with E-state index in [0.717, 1.165) is 32.1 Å². The molecule has 108 valence electrons. The number of hydrogen-bond acceptors (Lipinski definition) is 4. The second-order valence-corrected chi connectivity index (χ2v) is 5.71. The van der Waals surface area contributed by atoms with Crippen LogP contribution in [-0.2, 0) is 9.53 Å². The number of amides is 2. The molecule has 0 aromatic heterocycles. The molecule has 6 heteroatoms. The second kappa shape index (κ2) is 5.77. The fraction of sp³-hybridized carbons (Fsp3) is 0.846. The van der Waals surface area contributed by atoms with Gasteiger partial charge in [0.15, 0.2) is 0 Å². The zero-order valence-corrected chi connectivity index (χ0v) is 11.5. The third-order valence-electron chi connectivity index (χ3n) is 4.15. The lowest BCUT2D eigenvalue weighted by Crippen LogP contribution is -2.44. The predicted molar refractivity (Wildman–Crippen MR) is 70.5 cm³/mol. The predicted octanol–water partition coefficient (Wildman–Crippen LogP) is 0.605. The number of alkyl carbamates (subject to hydrolysis) is 1. The summed E-state index contributed by atoms with van der Waals surface area (Å²) in [5.41, 5.74) is 5.93. The smallest absolute Gasteiger partial charge is 0.407 e. The van der Waals surface area contributed by atoms with Crippen molar-refractivity contribution in [3.05, 3.63) is 0 Å². The summed E-state index contributed by atoms with van der Waals surface area (Å²) in [6.07, 6.45) is 4.89. The SMILES string of the molecule is COC(=O)NC1CCN(C(=O)CC2(N)CCCC2)C1. The van der Waals surface area contributed by atoms with Gasteiger partial charge in [-0.2, -0.15) is 0 Å². The Bertz CT molecular complexity index is 353. The van der Waals surface area contributed by atoms with Crippen molar-refractivity contribution in [3.8, 4) is 0 Å². The first-order valence-electron chi connectivity index (χ1n) is 6.93. The molecule has 0 radical (unpaired) electrons. The van der Waals surface area contributed by atoms with Crippen molar-refractivity contribution in [2.45, 2.75) is 50.1 Å². The number of carbonyl (C=O) groups is 2. The second-order valence-electron chi connectivity index (χ2n) is 5.71. The van der Waals surface area contributed by atoms with Gasteiger partial charge in [0.1, 0.15) is 0 Å². The van der Waals surface area contributed by atoms with Crippen LogP contribution in [0.25, 0.3) is 0 Å². The van der Waals surface area contributed by atoms with Crippen molar-refractivity contribution in [2.24, 2.45) is 5.73 Å². The largest absolute Gasteiger partial charge is 0.453 e. The molecule has 0 spiro atoms. The lowest BCUT2D eigenvalue weighted by Gasteiger charge is -2.26. The van der Waals surface area contributed by atoms with Gasteiger partial charge in [0.2, 0.25) is 5.91 Å². The number of nitrogens with one attached hydrogen (secondary N) is 1. The van der Waals surface area contributed by atoms with Crippen molar-refractivity contribution in [2.75, 3.05) is 20.2 Å². The summed E-state index contributed by atoms with van der Waals surface area (Å²) >= 11 is 0. The standard InChI is InChI=1S/C13H23N3O3/c1-19-12(18)15-10-4-7-16(9-10)11(17)8-13(14)5-2-3-6-13/h10H,2-9,14H2,1H3,(H,15,18). The van der Waals surface area contributed by atoms with E-state index in [0.29, 0.717) is 19.5 Å². The highest BCUT2D eigenvalue weighted by atomic mass is 16.5.